The van der Waals surface area contributed by atoms with Crippen LogP contribution in [0, 0.1) is 0 Å². The van der Waals surface area contributed by atoms with E-state index in [1.54, 1.807) is 0 Å². The first-order valence-electron chi connectivity index (χ1n) is 4.57. The molecule has 0 spiro atoms. The number of hydrogen-bond donors (Lipinski definition) is 1. The van der Waals surface area contributed by atoms with Gasteiger partial charge in [0.25, 0.3) is 0 Å². The van der Waals surface area contributed by atoms with E-state index < -0.39 is 12.3 Å². The summed E-state index contributed by atoms with van der Waals surface area (Å²) in [5.74, 6) is -0.830. The molecule has 0 fully saturated rings. The largest absolute Gasteiger partial charge is 0.573 e. The zero-order valence-corrected chi connectivity index (χ0v) is 9.35. The number of carbonyl (C=O) groups is 1. The molecule has 17 heavy (non-hydrogen) atoms. The van der Waals surface area contributed by atoms with E-state index in [2.05, 4.69) is 4.74 Å². The number of benzene rings is 1. The van der Waals surface area contributed by atoms with E-state index in [1.807, 2.05) is 0 Å². The number of hydrogen-bond acceptors (Lipinski definition) is 3. The van der Waals surface area contributed by atoms with Crippen LogP contribution in [-0.4, -0.2) is 23.2 Å². The molecule has 0 atom stereocenters. The fraction of sp³-hybridized carbons (Fsp3) is 0.300. The van der Waals surface area contributed by atoms with Crippen molar-refractivity contribution >= 4 is 17.7 Å². The summed E-state index contributed by atoms with van der Waals surface area (Å²) < 4.78 is 39.2. The van der Waals surface area contributed by atoms with Crippen LogP contribution in [0.2, 0.25) is 0 Å². The van der Waals surface area contributed by atoms with Gasteiger partial charge in [-0.15, -0.1) is 24.9 Å². The first-order valence-corrected chi connectivity index (χ1v) is 5.56. The molecule has 1 aromatic carbocycles. The van der Waals surface area contributed by atoms with Crippen LogP contribution >= 0.6 is 11.8 Å². The predicted octanol–water partition coefficient (Wildman–Crippen LogP) is 3.15. The Labute approximate surface area is 99.6 Å². The summed E-state index contributed by atoms with van der Waals surface area (Å²) in [4.78, 5) is 10.9. The molecule has 0 radical (unpaired) electrons. The smallest absolute Gasteiger partial charge is 0.481 e. The van der Waals surface area contributed by atoms with Crippen LogP contribution in [0.3, 0.4) is 0 Å². The van der Waals surface area contributed by atoms with Gasteiger partial charge in [0.15, 0.2) is 0 Å². The minimum absolute atomic E-state index is 0.00543. The van der Waals surface area contributed by atoms with Gasteiger partial charge >= 0.3 is 12.3 Å². The Balaban J connectivity index is 2.47. The van der Waals surface area contributed by atoms with E-state index >= 15 is 0 Å². The van der Waals surface area contributed by atoms with Crippen molar-refractivity contribution in [1.29, 1.82) is 0 Å². The van der Waals surface area contributed by atoms with Crippen molar-refractivity contribution < 1.29 is 27.8 Å². The van der Waals surface area contributed by atoms with Gasteiger partial charge in [-0.2, -0.15) is 0 Å². The average Bonchev–Trinajstić information content (AvgIpc) is 2.18. The fourth-order valence-corrected chi connectivity index (χ4v) is 1.83. The highest BCUT2D eigenvalue weighted by Crippen LogP contribution is 2.26. The molecular weight excluding hydrogens is 257 g/mol. The predicted molar refractivity (Wildman–Crippen MR) is 56.1 cm³/mol. The summed E-state index contributed by atoms with van der Waals surface area (Å²) >= 11 is 1.26. The van der Waals surface area contributed by atoms with Gasteiger partial charge in [-0.3, -0.25) is 4.79 Å². The number of carboxylic acids is 1. The lowest BCUT2D eigenvalue weighted by molar-refractivity contribution is -0.274. The van der Waals surface area contributed by atoms with Gasteiger partial charge < -0.3 is 9.84 Å². The maximum Gasteiger partial charge on any atom is 0.573 e. The molecule has 0 bridgehead atoms. The Morgan fingerprint density at radius 1 is 1.29 bits per heavy atom. The summed E-state index contributed by atoms with van der Waals surface area (Å²) in [5, 5.41) is 8.40. The van der Waals surface area contributed by atoms with E-state index in [9.17, 15) is 18.0 Å². The molecule has 94 valence electrons. The highest BCUT2D eigenvalue weighted by Gasteiger charge is 2.30. The molecule has 0 saturated heterocycles. The number of halogens is 3. The van der Waals surface area contributed by atoms with E-state index in [-0.39, 0.29) is 12.2 Å². The molecular formula is C10H9F3O3S. The maximum absolute atomic E-state index is 11.8. The van der Waals surface area contributed by atoms with Crippen molar-refractivity contribution in [3.05, 3.63) is 24.3 Å². The summed E-state index contributed by atoms with van der Waals surface area (Å²) in [7, 11) is 0. The van der Waals surface area contributed by atoms with Crippen LogP contribution in [0.25, 0.3) is 0 Å². The summed E-state index contributed by atoms with van der Waals surface area (Å²) in [6, 6.07) is 5.29. The normalized spacial score (nSPS) is 11.2. The maximum atomic E-state index is 11.8. The standard InChI is InChI=1S/C10H9F3O3S/c11-10(12,13)16-7-1-3-8(4-2-7)17-6-5-9(14)15/h1-4H,5-6H2,(H,14,15). The van der Waals surface area contributed by atoms with Crippen molar-refractivity contribution in [3.8, 4) is 5.75 Å². The molecule has 0 amide bonds. The zero-order valence-electron chi connectivity index (χ0n) is 8.53. The topological polar surface area (TPSA) is 46.5 Å². The second-order valence-electron chi connectivity index (χ2n) is 3.01. The Morgan fingerprint density at radius 2 is 1.88 bits per heavy atom. The molecule has 0 heterocycles. The van der Waals surface area contributed by atoms with Crippen molar-refractivity contribution in [3.63, 3.8) is 0 Å². The molecule has 0 unspecified atom stereocenters. The number of thioether (sulfide) groups is 1. The summed E-state index contributed by atoms with van der Waals surface area (Å²) in [5.41, 5.74) is 0. The van der Waals surface area contributed by atoms with Crippen LogP contribution in [0.1, 0.15) is 6.42 Å². The molecule has 1 N–H and O–H groups in total. The van der Waals surface area contributed by atoms with Crippen LogP contribution in [-0.2, 0) is 4.79 Å². The Kier molecular flexibility index (Phi) is 4.68. The fourth-order valence-electron chi connectivity index (χ4n) is 0.994. The second kappa shape index (κ2) is 5.81. The third-order valence-corrected chi connectivity index (χ3v) is 2.66. The van der Waals surface area contributed by atoms with Crippen molar-refractivity contribution in [2.45, 2.75) is 17.7 Å². The van der Waals surface area contributed by atoms with Gasteiger partial charge in [0.05, 0.1) is 6.42 Å². The van der Waals surface area contributed by atoms with Crippen molar-refractivity contribution in [1.82, 2.24) is 0 Å². The highest BCUT2D eigenvalue weighted by atomic mass is 32.2. The second-order valence-corrected chi connectivity index (χ2v) is 4.18. The molecule has 7 heteroatoms. The molecule has 1 rings (SSSR count). The van der Waals surface area contributed by atoms with Gasteiger partial charge in [0, 0.05) is 10.6 Å². The molecule has 0 aliphatic carbocycles. The highest BCUT2D eigenvalue weighted by molar-refractivity contribution is 7.99. The van der Waals surface area contributed by atoms with Gasteiger partial charge in [-0.25, -0.2) is 0 Å². The van der Waals surface area contributed by atoms with Crippen LogP contribution in [0.4, 0.5) is 13.2 Å². The molecule has 0 aliphatic heterocycles. The quantitative estimate of drug-likeness (QED) is 0.832. The van der Waals surface area contributed by atoms with Gasteiger partial charge in [0.1, 0.15) is 5.75 Å². The molecule has 0 saturated carbocycles. The van der Waals surface area contributed by atoms with Crippen molar-refractivity contribution in [2.24, 2.45) is 0 Å². The monoisotopic (exact) mass is 266 g/mol. The lowest BCUT2D eigenvalue weighted by Crippen LogP contribution is -2.16. The third kappa shape index (κ3) is 6.06. The lowest BCUT2D eigenvalue weighted by atomic mass is 10.3. The Morgan fingerprint density at radius 3 is 2.35 bits per heavy atom. The first-order chi connectivity index (χ1) is 7.87. The number of alkyl halides is 3. The van der Waals surface area contributed by atoms with Gasteiger partial charge in [0.2, 0.25) is 0 Å². The van der Waals surface area contributed by atoms with E-state index in [4.69, 9.17) is 5.11 Å². The molecule has 0 aromatic heterocycles. The average molecular weight is 266 g/mol. The van der Waals surface area contributed by atoms with Crippen molar-refractivity contribution in [2.75, 3.05) is 5.75 Å². The number of rotatable bonds is 5. The number of aliphatic carboxylic acids is 1. The zero-order chi connectivity index (χ0) is 12.9. The van der Waals surface area contributed by atoms with Crippen LogP contribution < -0.4 is 4.74 Å². The lowest BCUT2D eigenvalue weighted by Gasteiger charge is -2.08. The number of ether oxygens (including phenoxy) is 1. The summed E-state index contributed by atoms with van der Waals surface area (Å²) in [6.07, 6.45) is -4.69. The summed E-state index contributed by atoms with van der Waals surface area (Å²) in [6.45, 7) is 0. The number of carboxylic acid groups (broad SMARTS) is 1. The van der Waals surface area contributed by atoms with E-state index in [0.29, 0.717) is 10.6 Å². The van der Waals surface area contributed by atoms with E-state index in [1.165, 1.54) is 36.0 Å². The minimum atomic E-state index is -4.70. The third-order valence-electron chi connectivity index (χ3n) is 1.64. The van der Waals surface area contributed by atoms with E-state index in [0.717, 1.165) is 0 Å². The first kappa shape index (κ1) is 13.7. The molecule has 0 aliphatic rings. The Bertz CT molecular complexity index is 375. The van der Waals surface area contributed by atoms with Crippen LogP contribution in [0.5, 0.6) is 5.75 Å². The van der Waals surface area contributed by atoms with Crippen LogP contribution in [0.15, 0.2) is 29.2 Å². The minimum Gasteiger partial charge on any atom is -0.481 e. The van der Waals surface area contributed by atoms with Gasteiger partial charge in [-0.05, 0) is 24.3 Å². The van der Waals surface area contributed by atoms with Gasteiger partial charge in [-0.1, -0.05) is 0 Å². The SMILES string of the molecule is O=C(O)CCSc1ccc(OC(F)(F)F)cc1. The molecule has 3 nitrogen and oxygen atoms in total. The Hall–Kier alpha value is -1.37. The molecule has 1 aromatic rings.